The van der Waals surface area contributed by atoms with Crippen LogP contribution in [0.3, 0.4) is 0 Å². The van der Waals surface area contributed by atoms with E-state index >= 15 is 0 Å². The highest BCUT2D eigenvalue weighted by Gasteiger charge is 2.14. The zero-order valence-corrected chi connectivity index (χ0v) is 9.62. The SMILES string of the molecule is COCCNC(=O)c1c(C)cc(=O)oc1C. The predicted molar refractivity (Wildman–Crippen MR) is 58.7 cm³/mol. The largest absolute Gasteiger partial charge is 0.427 e. The van der Waals surface area contributed by atoms with E-state index in [4.69, 9.17) is 9.15 Å². The zero-order chi connectivity index (χ0) is 12.1. The average Bonchev–Trinajstić information content (AvgIpc) is 2.16. The van der Waals surface area contributed by atoms with Crippen molar-refractivity contribution in [2.75, 3.05) is 20.3 Å². The molecule has 5 nitrogen and oxygen atoms in total. The maximum Gasteiger partial charge on any atom is 0.336 e. The first kappa shape index (κ1) is 12.4. The Labute approximate surface area is 93.4 Å². The number of ether oxygens (including phenoxy) is 1. The van der Waals surface area contributed by atoms with Crippen LogP contribution >= 0.6 is 0 Å². The molecule has 0 saturated heterocycles. The molecule has 0 aromatic carbocycles. The van der Waals surface area contributed by atoms with Crippen molar-refractivity contribution < 1.29 is 13.9 Å². The van der Waals surface area contributed by atoms with Crippen LogP contribution < -0.4 is 10.9 Å². The van der Waals surface area contributed by atoms with Gasteiger partial charge in [0.2, 0.25) is 0 Å². The molecule has 0 spiro atoms. The van der Waals surface area contributed by atoms with E-state index in [9.17, 15) is 9.59 Å². The molecule has 5 heteroatoms. The number of carbonyl (C=O) groups excluding carboxylic acids is 1. The van der Waals surface area contributed by atoms with Crippen molar-refractivity contribution in [3.63, 3.8) is 0 Å². The molecule has 1 aromatic rings. The van der Waals surface area contributed by atoms with E-state index in [0.29, 0.717) is 30.0 Å². The van der Waals surface area contributed by atoms with E-state index in [-0.39, 0.29) is 5.91 Å². The fraction of sp³-hybridized carbons (Fsp3) is 0.455. The van der Waals surface area contributed by atoms with E-state index < -0.39 is 5.63 Å². The molecule has 1 aromatic heterocycles. The van der Waals surface area contributed by atoms with Gasteiger partial charge in [-0.2, -0.15) is 0 Å². The Morgan fingerprint density at radius 1 is 1.50 bits per heavy atom. The number of hydrogen-bond acceptors (Lipinski definition) is 4. The Hall–Kier alpha value is -1.62. The van der Waals surface area contributed by atoms with Gasteiger partial charge in [-0.15, -0.1) is 0 Å². The predicted octanol–water partition coefficient (Wildman–Crippen LogP) is 0.633. The standard InChI is InChI=1S/C11H15NO4/c1-7-6-9(13)16-8(2)10(7)11(14)12-4-5-15-3/h6H,4-5H2,1-3H3,(H,12,14). The molecule has 0 fully saturated rings. The molecular weight excluding hydrogens is 210 g/mol. The Kier molecular flexibility index (Phi) is 4.25. The fourth-order valence-electron chi connectivity index (χ4n) is 1.45. The van der Waals surface area contributed by atoms with E-state index in [1.807, 2.05) is 0 Å². The molecule has 0 radical (unpaired) electrons. The third kappa shape index (κ3) is 2.93. The second kappa shape index (κ2) is 5.46. The van der Waals surface area contributed by atoms with Crippen molar-refractivity contribution in [3.8, 4) is 0 Å². The molecule has 0 saturated carbocycles. The Morgan fingerprint density at radius 2 is 2.19 bits per heavy atom. The zero-order valence-electron chi connectivity index (χ0n) is 9.62. The number of rotatable bonds is 4. The first-order chi connectivity index (χ1) is 7.56. The number of aryl methyl sites for hydroxylation is 2. The Bertz CT molecular complexity index is 410. The molecule has 0 atom stereocenters. The van der Waals surface area contributed by atoms with Crippen LogP contribution in [-0.2, 0) is 4.74 Å². The van der Waals surface area contributed by atoms with Gasteiger partial charge in [-0.1, -0.05) is 0 Å². The summed E-state index contributed by atoms with van der Waals surface area (Å²) >= 11 is 0. The minimum absolute atomic E-state index is 0.254. The Balaban J connectivity index is 2.87. The summed E-state index contributed by atoms with van der Waals surface area (Å²) in [5, 5.41) is 2.68. The lowest BCUT2D eigenvalue weighted by Gasteiger charge is -2.08. The van der Waals surface area contributed by atoms with Crippen LogP contribution in [0.5, 0.6) is 0 Å². The molecular formula is C11H15NO4. The van der Waals surface area contributed by atoms with E-state index in [2.05, 4.69) is 5.32 Å². The number of amides is 1. The van der Waals surface area contributed by atoms with Gasteiger partial charge in [0.05, 0.1) is 12.2 Å². The summed E-state index contributed by atoms with van der Waals surface area (Å²) in [5.41, 5.74) is 0.586. The van der Waals surface area contributed by atoms with Crippen molar-refractivity contribution >= 4 is 5.91 Å². The van der Waals surface area contributed by atoms with Crippen molar-refractivity contribution in [2.45, 2.75) is 13.8 Å². The third-order valence-corrected chi connectivity index (χ3v) is 2.15. The number of nitrogens with one attached hydrogen (secondary N) is 1. The highest BCUT2D eigenvalue weighted by Crippen LogP contribution is 2.10. The summed E-state index contributed by atoms with van der Waals surface area (Å²) in [5.74, 6) is 0.0794. The topological polar surface area (TPSA) is 68.5 Å². The van der Waals surface area contributed by atoms with Gasteiger partial charge in [0, 0.05) is 19.7 Å². The van der Waals surface area contributed by atoms with Gasteiger partial charge >= 0.3 is 5.63 Å². The van der Waals surface area contributed by atoms with Crippen LogP contribution in [0.25, 0.3) is 0 Å². The average molecular weight is 225 g/mol. The van der Waals surface area contributed by atoms with Crippen LogP contribution in [0.1, 0.15) is 21.7 Å². The van der Waals surface area contributed by atoms with Crippen LogP contribution in [0.4, 0.5) is 0 Å². The van der Waals surface area contributed by atoms with Gasteiger partial charge in [-0.25, -0.2) is 4.79 Å². The van der Waals surface area contributed by atoms with Crippen LogP contribution in [0.2, 0.25) is 0 Å². The molecule has 0 aliphatic carbocycles. The maximum absolute atomic E-state index is 11.7. The van der Waals surface area contributed by atoms with Gasteiger partial charge in [0.15, 0.2) is 0 Å². The molecule has 1 N–H and O–H groups in total. The van der Waals surface area contributed by atoms with Crippen molar-refractivity contribution in [2.24, 2.45) is 0 Å². The summed E-state index contributed by atoms with van der Waals surface area (Å²) in [6, 6.07) is 1.30. The normalized spacial score (nSPS) is 10.2. The number of carbonyl (C=O) groups is 1. The minimum Gasteiger partial charge on any atom is -0.427 e. The quantitative estimate of drug-likeness (QED) is 0.763. The summed E-state index contributed by atoms with van der Waals surface area (Å²) in [6.45, 7) is 4.17. The van der Waals surface area contributed by atoms with Crippen molar-refractivity contribution in [1.82, 2.24) is 5.32 Å². The minimum atomic E-state index is -0.441. The van der Waals surface area contributed by atoms with Gasteiger partial charge < -0.3 is 14.5 Å². The van der Waals surface area contributed by atoms with Gasteiger partial charge in [0.25, 0.3) is 5.91 Å². The summed E-state index contributed by atoms with van der Waals surface area (Å²) in [4.78, 5) is 22.8. The first-order valence-electron chi connectivity index (χ1n) is 4.94. The highest BCUT2D eigenvalue weighted by atomic mass is 16.5. The second-order valence-corrected chi connectivity index (χ2v) is 3.43. The summed E-state index contributed by atoms with van der Waals surface area (Å²) < 4.78 is 9.69. The molecule has 0 bridgehead atoms. The second-order valence-electron chi connectivity index (χ2n) is 3.43. The van der Waals surface area contributed by atoms with Gasteiger partial charge in [-0.05, 0) is 19.4 Å². The lowest BCUT2D eigenvalue weighted by molar-refractivity contribution is 0.0933. The van der Waals surface area contributed by atoms with Gasteiger partial charge in [0.1, 0.15) is 5.76 Å². The Morgan fingerprint density at radius 3 is 2.75 bits per heavy atom. The summed E-state index contributed by atoms with van der Waals surface area (Å²) in [7, 11) is 1.56. The molecule has 1 rings (SSSR count). The monoisotopic (exact) mass is 225 g/mol. The number of hydrogen-bond donors (Lipinski definition) is 1. The lowest BCUT2D eigenvalue weighted by atomic mass is 10.1. The van der Waals surface area contributed by atoms with E-state index in [1.165, 1.54) is 6.07 Å². The van der Waals surface area contributed by atoms with E-state index in [0.717, 1.165) is 0 Å². The van der Waals surface area contributed by atoms with Gasteiger partial charge in [-0.3, -0.25) is 4.79 Å². The molecule has 88 valence electrons. The van der Waals surface area contributed by atoms with Crippen molar-refractivity contribution in [3.05, 3.63) is 33.4 Å². The molecule has 1 heterocycles. The molecule has 1 amide bonds. The highest BCUT2D eigenvalue weighted by molar-refractivity contribution is 5.96. The third-order valence-electron chi connectivity index (χ3n) is 2.15. The smallest absolute Gasteiger partial charge is 0.336 e. The maximum atomic E-state index is 11.7. The molecule has 0 aliphatic heterocycles. The summed E-state index contributed by atoms with van der Waals surface area (Å²) in [6.07, 6.45) is 0. The van der Waals surface area contributed by atoms with Crippen LogP contribution in [-0.4, -0.2) is 26.2 Å². The number of methoxy groups -OCH3 is 1. The van der Waals surface area contributed by atoms with E-state index in [1.54, 1.807) is 21.0 Å². The van der Waals surface area contributed by atoms with Crippen LogP contribution in [0.15, 0.2) is 15.3 Å². The lowest BCUT2D eigenvalue weighted by Crippen LogP contribution is -2.28. The molecule has 0 aliphatic rings. The molecule has 16 heavy (non-hydrogen) atoms. The first-order valence-corrected chi connectivity index (χ1v) is 4.94. The fourth-order valence-corrected chi connectivity index (χ4v) is 1.45. The van der Waals surface area contributed by atoms with Crippen LogP contribution in [0, 0.1) is 13.8 Å². The van der Waals surface area contributed by atoms with Crippen molar-refractivity contribution in [1.29, 1.82) is 0 Å². The molecule has 0 unspecified atom stereocenters.